The minimum atomic E-state index is -3.79. The van der Waals surface area contributed by atoms with Crippen molar-refractivity contribution >= 4 is 15.9 Å². The summed E-state index contributed by atoms with van der Waals surface area (Å²) in [5.41, 5.74) is 1.02. The quantitative estimate of drug-likeness (QED) is 0.570. The topological polar surface area (TPSA) is 89.0 Å². The summed E-state index contributed by atoms with van der Waals surface area (Å²) in [6, 6.07) is 10.1. The Morgan fingerprint density at radius 2 is 1.84 bits per heavy atom. The van der Waals surface area contributed by atoms with Gasteiger partial charge in [0.05, 0.1) is 26.0 Å². The molecule has 1 aliphatic rings. The van der Waals surface area contributed by atoms with E-state index >= 15 is 0 Å². The molecular formula is C23H31N3O5S. The number of ether oxygens (including phenoxy) is 2. The highest BCUT2D eigenvalue weighted by Gasteiger charge is 2.30. The molecule has 9 heteroatoms. The molecule has 3 rings (SSSR count). The number of carbonyl (C=O) groups is 1. The highest BCUT2D eigenvalue weighted by molar-refractivity contribution is 7.89. The van der Waals surface area contributed by atoms with Crippen molar-refractivity contribution in [2.75, 3.05) is 40.5 Å². The molecule has 2 heterocycles. The van der Waals surface area contributed by atoms with E-state index in [0.717, 1.165) is 31.4 Å². The molecule has 0 aliphatic carbocycles. The summed E-state index contributed by atoms with van der Waals surface area (Å²) in [7, 11) is -0.778. The molecule has 0 radical (unpaired) electrons. The van der Waals surface area contributed by atoms with Crippen LogP contribution in [0.4, 0.5) is 0 Å². The second-order valence-electron chi connectivity index (χ2n) is 7.72. The molecule has 2 aromatic rings. The van der Waals surface area contributed by atoms with Crippen LogP contribution in [0.3, 0.4) is 0 Å². The van der Waals surface area contributed by atoms with E-state index < -0.39 is 10.0 Å². The van der Waals surface area contributed by atoms with E-state index in [4.69, 9.17) is 9.47 Å². The van der Waals surface area contributed by atoms with Crippen molar-refractivity contribution in [3.63, 3.8) is 0 Å². The highest BCUT2D eigenvalue weighted by atomic mass is 32.2. The lowest BCUT2D eigenvalue weighted by atomic mass is 10.1. The van der Waals surface area contributed by atoms with Crippen molar-refractivity contribution in [2.24, 2.45) is 0 Å². The summed E-state index contributed by atoms with van der Waals surface area (Å²) in [6.07, 6.45) is 5.37. The molecule has 1 aromatic heterocycles. The first-order chi connectivity index (χ1) is 15.5. The average molecular weight is 462 g/mol. The van der Waals surface area contributed by atoms with Gasteiger partial charge in [-0.25, -0.2) is 8.42 Å². The van der Waals surface area contributed by atoms with E-state index in [1.807, 2.05) is 18.2 Å². The molecule has 8 nitrogen and oxygen atoms in total. The largest absolute Gasteiger partial charge is 0.495 e. The molecule has 0 bridgehead atoms. The molecule has 0 N–H and O–H groups in total. The molecule has 0 saturated carbocycles. The fourth-order valence-electron chi connectivity index (χ4n) is 3.76. The van der Waals surface area contributed by atoms with Gasteiger partial charge in [0.15, 0.2) is 0 Å². The highest BCUT2D eigenvalue weighted by Crippen LogP contribution is 2.30. The molecule has 0 spiro atoms. The van der Waals surface area contributed by atoms with Gasteiger partial charge in [0.25, 0.3) is 5.91 Å². The Morgan fingerprint density at radius 3 is 2.47 bits per heavy atom. The van der Waals surface area contributed by atoms with Gasteiger partial charge < -0.3 is 14.4 Å². The predicted molar refractivity (Wildman–Crippen MR) is 121 cm³/mol. The lowest BCUT2D eigenvalue weighted by Crippen LogP contribution is -2.34. The monoisotopic (exact) mass is 461 g/mol. The first-order valence-electron chi connectivity index (χ1n) is 10.8. The number of carbonyl (C=O) groups excluding carboxylic acids is 1. The van der Waals surface area contributed by atoms with Gasteiger partial charge in [0, 0.05) is 38.5 Å². The van der Waals surface area contributed by atoms with Crippen LogP contribution in [-0.4, -0.2) is 69.0 Å². The standard InChI is InChI=1S/C23H31N3O5S/c1-30-16-15-25(18-20-9-5-6-12-24-20)23(27)19-10-11-21(31-2)22(17-19)32(28,29)26-13-7-3-4-8-14-26/h5-6,9-12,17H,3-4,7-8,13-16,18H2,1-2H3. The fraction of sp³-hybridized carbons (Fsp3) is 0.478. The number of aromatic nitrogens is 1. The van der Waals surface area contributed by atoms with Crippen LogP contribution in [-0.2, 0) is 21.3 Å². The van der Waals surface area contributed by atoms with Gasteiger partial charge in [-0.15, -0.1) is 0 Å². The Hall–Kier alpha value is -2.49. The van der Waals surface area contributed by atoms with Crippen LogP contribution < -0.4 is 4.74 Å². The number of hydrogen-bond acceptors (Lipinski definition) is 6. The molecule has 1 aliphatic heterocycles. The smallest absolute Gasteiger partial charge is 0.254 e. The van der Waals surface area contributed by atoms with Crippen molar-refractivity contribution in [3.05, 3.63) is 53.9 Å². The lowest BCUT2D eigenvalue weighted by Gasteiger charge is -2.24. The van der Waals surface area contributed by atoms with Crippen LogP contribution in [0.5, 0.6) is 5.75 Å². The molecule has 174 valence electrons. The van der Waals surface area contributed by atoms with Crippen LogP contribution in [0.2, 0.25) is 0 Å². The van der Waals surface area contributed by atoms with E-state index in [1.54, 1.807) is 30.3 Å². The minimum absolute atomic E-state index is 0.0253. The number of hydrogen-bond donors (Lipinski definition) is 0. The van der Waals surface area contributed by atoms with Crippen molar-refractivity contribution in [2.45, 2.75) is 37.1 Å². The van der Waals surface area contributed by atoms with Gasteiger partial charge in [-0.3, -0.25) is 9.78 Å². The first-order valence-corrected chi connectivity index (χ1v) is 12.3. The van der Waals surface area contributed by atoms with E-state index in [2.05, 4.69) is 4.98 Å². The zero-order valence-corrected chi connectivity index (χ0v) is 19.5. The number of rotatable bonds is 9. The van der Waals surface area contributed by atoms with E-state index in [0.29, 0.717) is 32.8 Å². The van der Waals surface area contributed by atoms with E-state index in [9.17, 15) is 13.2 Å². The molecule has 1 amide bonds. The zero-order chi connectivity index (χ0) is 23.0. The molecule has 0 atom stereocenters. The van der Waals surface area contributed by atoms with Crippen LogP contribution in [0.1, 0.15) is 41.7 Å². The molecule has 1 aromatic carbocycles. The van der Waals surface area contributed by atoms with Gasteiger partial charge in [0.1, 0.15) is 10.6 Å². The number of pyridine rings is 1. The SMILES string of the molecule is COCCN(Cc1ccccn1)C(=O)c1ccc(OC)c(S(=O)(=O)N2CCCCCC2)c1. The normalized spacial score (nSPS) is 15.2. The van der Waals surface area contributed by atoms with Crippen molar-refractivity contribution in [1.82, 2.24) is 14.2 Å². The number of benzene rings is 1. The fourth-order valence-corrected chi connectivity index (χ4v) is 5.45. The molecule has 1 fully saturated rings. The third kappa shape index (κ3) is 5.85. The Bertz CT molecular complexity index is 990. The van der Waals surface area contributed by atoms with Gasteiger partial charge in [-0.05, 0) is 43.2 Å². The maximum atomic E-state index is 13.4. The number of methoxy groups -OCH3 is 2. The Morgan fingerprint density at radius 1 is 1.09 bits per heavy atom. The third-order valence-corrected chi connectivity index (χ3v) is 7.44. The second-order valence-corrected chi connectivity index (χ2v) is 9.63. The van der Waals surface area contributed by atoms with Crippen LogP contribution in [0, 0.1) is 0 Å². The zero-order valence-electron chi connectivity index (χ0n) is 18.7. The summed E-state index contributed by atoms with van der Waals surface area (Å²) in [4.78, 5) is 19.3. The molecular weight excluding hydrogens is 430 g/mol. The average Bonchev–Trinajstić information content (AvgIpc) is 3.12. The van der Waals surface area contributed by atoms with Crippen molar-refractivity contribution in [3.8, 4) is 5.75 Å². The van der Waals surface area contributed by atoms with Gasteiger partial charge in [-0.2, -0.15) is 4.31 Å². The molecule has 0 unspecified atom stereocenters. The number of sulfonamides is 1. The lowest BCUT2D eigenvalue weighted by molar-refractivity contribution is 0.0677. The Labute approximate surface area is 190 Å². The maximum absolute atomic E-state index is 13.4. The number of nitrogens with zero attached hydrogens (tertiary/aromatic N) is 3. The number of amides is 1. The summed E-state index contributed by atoms with van der Waals surface area (Å²) in [5, 5.41) is 0. The second kappa shape index (κ2) is 11.4. The van der Waals surface area contributed by atoms with Crippen LogP contribution in [0.15, 0.2) is 47.5 Å². The summed E-state index contributed by atoms with van der Waals surface area (Å²) < 4.78 is 38.9. The predicted octanol–water partition coefficient (Wildman–Crippen LogP) is 2.94. The van der Waals surface area contributed by atoms with Crippen molar-refractivity contribution < 1.29 is 22.7 Å². The summed E-state index contributed by atoms with van der Waals surface area (Å²) in [5.74, 6) is -0.0540. The van der Waals surface area contributed by atoms with Gasteiger partial charge >= 0.3 is 0 Å². The summed E-state index contributed by atoms with van der Waals surface area (Å²) in [6.45, 7) is 1.95. The van der Waals surface area contributed by atoms with Crippen LogP contribution in [0.25, 0.3) is 0 Å². The van der Waals surface area contributed by atoms with Crippen molar-refractivity contribution in [1.29, 1.82) is 0 Å². The van der Waals surface area contributed by atoms with Gasteiger partial charge in [0.2, 0.25) is 10.0 Å². The first kappa shape index (κ1) is 24.2. The molecule has 1 saturated heterocycles. The van der Waals surface area contributed by atoms with Crippen LogP contribution >= 0.6 is 0 Å². The third-order valence-electron chi connectivity index (χ3n) is 5.52. The molecule has 32 heavy (non-hydrogen) atoms. The van der Waals surface area contributed by atoms with Gasteiger partial charge in [-0.1, -0.05) is 18.9 Å². The summed E-state index contributed by atoms with van der Waals surface area (Å²) >= 11 is 0. The maximum Gasteiger partial charge on any atom is 0.254 e. The minimum Gasteiger partial charge on any atom is -0.495 e. The van der Waals surface area contributed by atoms with E-state index in [-0.39, 0.29) is 22.1 Å². The Balaban J connectivity index is 1.93. The van der Waals surface area contributed by atoms with E-state index in [1.165, 1.54) is 17.5 Å². The Kier molecular flexibility index (Phi) is 8.60.